The topological polar surface area (TPSA) is 109 Å². The van der Waals surface area contributed by atoms with E-state index in [1.165, 1.54) is 12.1 Å². The molecule has 2 aromatic carbocycles. The molecule has 0 unspecified atom stereocenters. The third kappa shape index (κ3) is 2.23. The summed E-state index contributed by atoms with van der Waals surface area (Å²) in [5, 5.41) is -0.134. The van der Waals surface area contributed by atoms with Gasteiger partial charge in [0.15, 0.2) is 0 Å². The van der Waals surface area contributed by atoms with E-state index in [1.807, 2.05) is 0 Å². The summed E-state index contributed by atoms with van der Waals surface area (Å²) in [5.41, 5.74) is 0. The molecule has 0 bridgehead atoms. The van der Waals surface area contributed by atoms with Gasteiger partial charge in [-0.05, 0) is 18.2 Å². The summed E-state index contributed by atoms with van der Waals surface area (Å²) in [4.78, 5) is -0.910. The highest BCUT2D eigenvalue weighted by Crippen LogP contribution is 2.27. The van der Waals surface area contributed by atoms with E-state index in [2.05, 4.69) is 6.07 Å². The molecule has 1 radical (unpaired) electrons. The lowest BCUT2D eigenvalue weighted by Crippen LogP contribution is -2.02. The van der Waals surface area contributed by atoms with Gasteiger partial charge in [0.25, 0.3) is 20.2 Å². The third-order valence-corrected chi connectivity index (χ3v) is 4.12. The van der Waals surface area contributed by atoms with Crippen molar-refractivity contribution in [2.45, 2.75) is 9.79 Å². The lowest BCUT2D eigenvalue weighted by Gasteiger charge is -2.06. The molecule has 95 valence electrons. The summed E-state index contributed by atoms with van der Waals surface area (Å²) < 4.78 is 62.6. The molecule has 8 heteroatoms. The molecule has 0 heterocycles. The van der Waals surface area contributed by atoms with Crippen molar-refractivity contribution >= 4 is 31.0 Å². The Morgan fingerprint density at radius 3 is 2.06 bits per heavy atom. The summed E-state index contributed by atoms with van der Waals surface area (Å²) in [6.07, 6.45) is 0. The monoisotopic (exact) mass is 287 g/mol. The van der Waals surface area contributed by atoms with Gasteiger partial charge in [0.05, 0.1) is 0 Å². The Kier molecular flexibility index (Phi) is 2.90. The Hall–Kier alpha value is -1.48. The molecule has 0 fully saturated rings. The second-order valence-electron chi connectivity index (χ2n) is 3.47. The summed E-state index contributed by atoms with van der Waals surface area (Å²) in [6, 6.07) is 8.45. The molecule has 0 atom stereocenters. The Morgan fingerprint density at radius 1 is 0.889 bits per heavy atom. The Labute approximate surface area is 103 Å². The SMILES string of the molecule is O=S(=O)(O)c1cccc2c(S(=O)(=O)O)cc[c]c12. The maximum atomic E-state index is 11.1. The average molecular weight is 287 g/mol. The van der Waals surface area contributed by atoms with Gasteiger partial charge in [0, 0.05) is 10.8 Å². The van der Waals surface area contributed by atoms with Gasteiger partial charge in [0.1, 0.15) is 9.79 Å². The van der Waals surface area contributed by atoms with Crippen LogP contribution in [-0.4, -0.2) is 25.9 Å². The van der Waals surface area contributed by atoms with Crippen molar-refractivity contribution in [2.24, 2.45) is 0 Å². The second kappa shape index (κ2) is 4.02. The first kappa shape index (κ1) is 13.0. The van der Waals surface area contributed by atoms with E-state index < -0.39 is 30.0 Å². The van der Waals surface area contributed by atoms with Gasteiger partial charge >= 0.3 is 0 Å². The fourth-order valence-electron chi connectivity index (χ4n) is 1.62. The molecule has 0 spiro atoms. The van der Waals surface area contributed by atoms with Crippen LogP contribution in [0.15, 0.2) is 40.1 Å². The summed E-state index contributed by atoms with van der Waals surface area (Å²) >= 11 is 0. The van der Waals surface area contributed by atoms with Gasteiger partial charge in [0.2, 0.25) is 0 Å². The van der Waals surface area contributed by atoms with Crippen molar-refractivity contribution in [3.8, 4) is 0 Å². The van der Waals surface area contributed by atoms with Gasteiger partial charge in [-0.3, -0.25) is 9.11 Å². The number of hydrogen-bond acceptors (Lipinski definition) is 4. The zero-order chi connectivity index (χ0) is 13.6. The molecule has 0 aliphatic heterocycles. The normalized spacial score (nSPS) is 12.8. The van der Waals surface area contributed by atoms with E-state index in [1.54, 1.807) is 0 Å². The van der Waals surface area contributed by atoms with Crippen LogP contribution in [0.5, 0.6) is 0 Å². The van der Waals surface area contributed by atoms with Crippen LogP contribution in [0, 0.1) is 6.07 Å². The van der Waals surface area contributed by atoms with Gasteiger partial charge in [-0.25, -0.2) is 0 Å². The predicted octanol–water partition coefficient (Wildman–Crippen LogP) is 1.13. The Bertz CT molecular complexity index is 749. The van der Waals surface area contributed by atoms with Crippen molar-refractivity contribution in [3.63, 3.8) is 0 Å². The molecule has 6 nitrogen and oxygen atoms in total. The van der Waals surface area contributed by atoms with E-state index in [9.17, 15) is 16.8 Å². The lowest BCUT2D eigenvalue weighted by molar-refractivity contribution is 0.481. The zero-order valence-corrected chi connectivity index (χ0v) is 10.4. The van der Waals surface area contributed by atoms with Crippen LogP contribution in [0.4, 0.5) is 0 Å². The highest BCUT2D eigenvalue weighted by Gasteiger charge is 2.19. The lowest BCUT2D eigenvalue weighted by atomic mass is 10.1. The maximum absolute atomic E-state index is 11.1. The first-order valence-electron chi connectivity index (χ1n) is 4.59. The molecule has 0 saturated carbocycles. The molecule has 0 aliphatic carbocycles. The quantitative estimate of drug-likeness (QED) is 0.801. The molecule has 2 aromatic rings. The summed E-state index contributed by atoms with van der Waals surface area (Å²) in [7, 11) is -8.99. The first-order chi connectivity index (χ1) is 8.21. The van der Waals surface area contributed by atoms with Crippen LogP contribution in [0.1, 0.15) is 0 Å². The summed E-state index contributed by atoms with van der Waals surface area (Å²) in [6.45, 7) is 0. The van der Waals surface area contributed by atoms with Crippen LogP contribution in [-0.2, 0) is 20.2 Å². The molecular formula is C10H7O6S2. The van der Waals surface area contributed by atoms with Crippen molar-refractivity contribution in [1.29, 1.82) is 0 Å². The number of fused-ring (bicyclic) bond motifs is 1. The predicted molar refractivity (Wildman–Crippen MR) is 62.4 cm³/mol. The fraction of sp³-hybridized carbons (Fsp3) is 0. The van der Waals surface area contributed by atoms with Crippen molar-refractivity contribution < 1.29 is 25.9 Å². The van der Waals surface area contributed by atoms with Crippen LogP contribution < -0.4 is 0 Å². The summed E-state index contributed by atoms with van der Waals surface area (Å²) in [5.74, 6) is 0. The Morgan fingerprint density at radius 2 is 1.50 bits per heavy atom. The largest absolute Gasteiger partial charge is 0.295 e. The number of benzene rings is 2. The standard InChI is InChI=1S/C10H7O6S2/c11-17(12,13)9-5-1-3-7-8(9)4-2-6-10(7)18(14,15)16/h1-3,5-6H,(H,11,12,13)(H,14,15,16). The van der Waals surface area contributed by atoms with E-state index >= 15 is 0 Å². The highest BCUT2D eigenvalue weighted by molar-refractivity contribution is 7.86. The van der Waals surface area contributed by atoms with Crippen LogP contribution in [0.2, 0.25) is 0 Å². The van der Waals surface area contributed by atoms with E-state index in [0.29, 0.717) is 0 Å². The van der Waals surface area contributed by atoms with Gasteiger partial charge in [-0.2, -0.15) is 16.8 Å². The minimum absolute atomic E-state index is 0.0323. The zero-order valence-electron chi connectivity index (χ0n) is 8.73. The molecule has 0 amide bonds. The minimum Gasteiger partial charge on any atom is -0.282 e. The smallest absolute Gasteiger partial charge is 0.282 e. The fourth-order valence-corrected chi connectivity index (χ4v) is 2.98. The van der Waals surface area contributed by atoms with Gasteiger partial charge in [-0.1, -0.05) is 18.2 Å². The second-order valence-corrected chi connectivity index (χ2v) is 6.25. The molecule has 2 rings (SSSR count). The van der Waals surface area contributed by atoms with Crippen molar-refractivity contribution in [3.05, 3.63) is 36.4 Å². The highest BCUT2D eigenvalue weighted by atomic mass is 32.2. The van der Waals surface area contributed by atoms with Gasteiger partial charge < -0.3 is 0 Å². The van der Waals surface area contributed by atoms with Crippen LogP contribution >= 0.6 is 0 Å². The van der Waals surface area contributed by atoms with E-state index in [-0.39, 0.29) is 10.8 Å². The first-order valence-corrected chi connectivity index (χ1v) is 7.47. The van der Waals surface area contributed by atoms with Gasteiger partial charge in [-0.15, -0.1) is 0 Å². The third-order valence-electron chi connectivity index (χ3n) is 2.31. The van der Waals surface area contributed by atoms with Crippen molar-refractivity contribution in [2.75, 3.05) is 0 Å². The molecule has 0 aromatic heterocycles. The van der Waals surface area contributed by atoms with Crippen LogP contribution in [0.3, 0.4) is 0 Å². The van der Waals surface area contributed by atoms with Crippen molar-refractivity contribution in [1.82, 2.24) is 0 Å². The molecule has 0 aliphatic rings. The number of rotatable bonds is 2. The average Bonchev–Trinajstić information content (AvgIpc) is 2.24. The Balaban J connectivity index is 3.00. The number of hydrogen-bond donors (Lipinski definition) is 2. The van der Waals surface area contributed by atoms with E-state index in [4.69, 9.17) is 9.11 Å². The minimum atomic E-state index is -4.50. The molecular weight excluding hydrogens is 280 g/mol. The van der Waals surface area contributed by atoms with E-state index in [0.717, 1.165) is 18.2 Å². The molecule has 0 saturated heterocycles. The molecule has 18 heavy (non-hydrogen) atoms. The van der Waals surface area contributed by atoms with Crippen LogP contribution in [0.25, 0.3) is 10.8 Å². The molecule has 2 N–H and O–H groups in total. The maximum Gasteiger partial charge on any atom is 0.295 e.